The lowest BCUT2D eigenvalue weighted by molar-refractivity contribution is -0.120. The fourth-order valence-electron chi connectivity index (χ4n) is 3.59. The molecule has 1 aliphatic heterocycles. The van der Waals surface area contributed by atoms with Crippen molar-refractivity contribution < 1.29 is 23.9 Å². The molecule has 3 aromatic rings. The molecule has 0 saturated carbocycles. The van der Waals surface area contributed by atoms with Crippen LogP contribution in [-0.4, -0.2) is 30.3 Å². The van der Waals surface area contributed by atoms with E-state index < -0.39 is 17.8 Å². The van der Waals surface area contributed by atoms with E-state index >= 15 is 0 Å². The first-order valence-corrected chi connectivity index (χ1v) is 12.5. The average molecular weight is 552 g/mol. The predicted octanol–water partition coefficient (Wildman–Crippen LogP) is 5.90. The summed E-state index contributed by atoms with van der Waals surface area (Å²) in [5.74, 6) is -2.08. The first-order chi connectivity index (χ1) is 18.2. The van der Waals surface area contributed by atoms with Crippen LogP contribution in [0.1, 0.15) is 39.6 Å². The van der Waals surface area contributed by atoms with E-state index in [1.165, 1.54) is 6.07 Å². The highest BCUT2D eigenvalue weighted by molar-refractivity contribution is 6.53. The number of esters is 1. The molecule has 8 nitrogen and oxygen atoms in total. The Balaban J connectivity index is 1.41. The van der Waals surface area contributed by atoms with Crippen LogP contribution in [0.15, 0.2) is 77.5 Å². The van der Waals surface area contributed by atoms with E-state index in [-0.39, 0.29) is 16.6 Å². The highest BCUT2D eigenvalue weighted by Gasteiger charge is 2.39. The second kappa shape index (κ2) is 11.5. The van der Waals surface area contributed by atoms with Gasteiger partial charge in [-0.3, -0.25) is 14.4 Å². The lowest BCUT2D eigenvalue weighted by atomic mass is 10.1. The highest BCUT2D eigenvalue weighted by atomic mass is 35.5. The summed E-state index contributed by atoms with van der Waals surface area (Å²) in [6.07, 6.45) is 0.731. The molecule has 3 aromatic carbocycles. The maximum absolute atomic E-state index is 13.0. The summed E-state index contributed by atoms with van der Waals surface area (Å²) >= 11 is 12.4. The van der Waals surface area contributed by atoms with Crippen LogP contribution in [0, 0.1) is 6.92 Å². The zero-order valence-corrected chi connectivity index (χ0v) is 22.0. The number of carbonyl (C=O) groups excluding carboxylic acids is 4. The lowest BCUT2D eigenvalue weighted by Crippen LogP contribution is -2.32. The Morgan fingerprint density at radius 3 is 2.13 bits per heavy atom. The van der Waals surface area contributed by atoms with E-state index in [0.29, 0.717) is 39.8 Å². The first-order valence-electron chi connectivity index (χ1n) is 11.7. The van der Waals surface area contributed by atoms with Gasteiger partial charge in [0.25, 0.3) is 17.7 Å². The summed E-state index contributed by atoms with van der Waals surface area (Å²) in [6, 6.07) is 17.5. The molecule has 38 heavy (non-hydrogen) atoms. The number of benzene rings is 3. The molecule has 0 radical (unpaired) electrons. The molecule has 0 fully saturated rings. The molecule has 10 heteroatoms. The zero-order valence-electron chi connectivity index (χ0n) is 20.5. The second-order valence-electron chi connectivity index (χ2n) is 8.44. The number of nitrogens with one attached hydrogen (secondary N) is 2. The predicted molar refractivity (Wildman–Crippen MR) is 147 cm³/mol. The van der Waals surface area contributed by atoms with Crippen molar-refractivity contribution in [1.29, 1.82) is 0 Å². The number of halogens is 2. The van der Waals surface area contributed by atoms with Gasteiger partial charge in [-0.1, -0.05) is 36.2 Å². The van der Waals surface area contributed by atoms with Gasteiger partial charge in [0, 0.05) is 22.0 Å². The van der Waals surface area contributed by atoms with Gasteiger partial charge in [0.15, 0.2) is 0 Å². The Kier molecular flexibility index (Phi) is 8.14. The monoisotopic (exact) mass is 551 g/mol. The second-order valence-corrected chi connectivity index (χ2v) is 9.22. The Hall–Kier alpha value is -4.14. The van der Waals surface area contributed by atoms with Crippen molar-refractivity contribution in [3.63, 3.8) is 0 Å². The molecule has 0 unspecified atom stereocenters. The molecule has 1 heterocycles. The lowest BCUT2D eigenvalue weighted by Gasteiger charge is -2.16. The van der Waals surface area contributed by atoms with Crippen LogP contribution in [-0.2, 0) is 14.3 Å². The van der Waals surface area contributed by atoms with Crippen LogP contribution in [0.25, 0.3) is 0 Å². The molecule has 4 rings (SSSR count). The van der Waals surface area contributed by atoms with Gasteiger partial charge in [0.05, 0.1) is 17.9 Å². The number of ether oxygens (including phenoxy) is 1. The minimum Gasteiger partial charge on any atom is -0.462 e. The Morgan fingerprint density at radius 2 is 1.50 bits per heavy atom. The summed E-state index contributed by atoms with van der Waals surface area (Å²) in [5, 5.41) is 5.79. The van der Waals surface area contributed by atoms with Gasteiger partial charge in [0.1, 0.15) is 10.7 Å². The van der Waals surface area contributed by atoms with Crippen LogP contribution >= 0.6 is 23.2 Å². The fraction of sp³-hybridized carbons (Fsp3) is 0.143. The van der Waals surface area contributed by atoms with Gasteiger partial charge in [-0.15, -0.1) is 0 Å². The number of carbonyl (C=O) groups is 4. The number of hydrogen-bond acceptors (Lipinski definition) is 6. The first kappa shape index (κ1) is 26.9. The smallest absolute Gasteiger partial charge is 0.338 e. The van der Waals surface area contributed by atoms with Gasteiger partial charge >= 0.3 is 5.97 Å². The summed E-state index contributed by atoms with van der Waals surface area (Å²) in [5.41, 5.74) is 2.74. The van der Waals surface area contributed by atoms with Crippen LogP contribution < -0.4 is 15.5 Å². The third kappa shape index (κ3) is 5.72. The molecule has 0 spiro atoms. The minimum atomic E-state index is -0.667. The molecule has 0 bridgehead atoms. The summed E-state index contributed by atoms with van der Waals surface area (Å²) in [7, 11) is 0. The van der Waals surface area contributed by atoms with E-state index in [0.717, 1.165) is 16.9 Å². The van der Waals surface area contributed by atoms with Crippen LogP contribution in [0.5, 0.6) is 0 Å². The van der Waals surface area contributed by atoms with Crippen molar-refractivity contribution in [2.24, 2.45) is 0 Å². The number of anilines is 3. The molecule has 0 saturated heterocycles. The van der Waals surface area contributed by atoms with Crippen molar-refractivity contribution in [2.45, 2.75) is 20.3 Å². The average Bonchev–Trinajstić information content (AvgIpc) is 3.12. The molecule has 2 N–H and O–H groups in total. The van der Waals surface area contributed by atoms with Crippen molar-refractivity contribution in [2.75, 3.05) is 22.1 Å². The fourth-order valence-corrected chi connectivity index (χ4v) is 3.97. The molecule has 194 valence electrons. The highest BCUT2D eigenvalue weighted by Crippen LogP contribution is 2.32. The minimum absolute atomic E-state index is 0.0804. The Labute approximate surface area is 229 Å². The summed E-state index contributed by atoms with van der Waals surface area (Å²) < 4.78 is 5.09. The van der Waals surface area contributed by atoms with Crippen LogP contribution in [0.2, 0.25) is 5.02 Å². The Bertz CT molecular complexity index is 1450. The van der Waals surface area contributed by atoms with Crippen LogP contribution in [0.4, 0.5) is 17.1 Å². The number of nitrogens with zero attached hydrogens (tertiary/aromatic N) is 1. The number of aryl methyl sites for hydroxylation is 1. The summed E-state index contributed by atoms with van der Waals surface area (Å²) in [6.45, 7) is 4.06. The van der Waals surface area contributed by atoms with Gasteiger partial charge in [0.2, 0.25) is 0 Å². The molecule has 0 aromatic heterocycles. The van der Waals surface area contributed by atoms with E-state index in [1.54, 1.807) is 60.7 Å². The Morgan fingerprint density at radius 1 is 0.868 bits per heavy atom. The third-order valence-corrected chi connectivity index (χ3v) is 6.43. The maximum Gasteiger partial charge on any atom is 0.338 e. The standard InChI is InChI=1S/C28H23Cl2N3O5/c1-3-14-38-28(37)18-7-11-20(12-8-18)32-25(34)17-5-9-19(10-6-17)31-24-23(30)26(35)33(27(24)36)21-13-4-16(2)22(29)15-21/h4-13,15,31H,3,14H2,1-2H3,(H,32,34). The van der Waals surface area contributed by atoms with Gasteiger partial charge in [-0.2, -0.15) is 0 Å². The van der Waals surface area contributed by atoms with E-state index in [1.807, 2.05) is 13.8 Å². The van der Waals surface area contributed by atoms with Crippen LogP contribution in [0.3, 0.4) is 0 Å². The largest absolute Gasteiger partial charge is 0.462 e. The number of amides is 3. The summed E-state index contributed by atoms with van der Waals surface area (Å²) in [4.78, 5) is 51.2. The van der Waals surface area contributed by atoms with Crippen molar-refractivity contribution >= 4 is 64.0 Å². The molecule has 0 aliphatic carbocycles. The molecule has 0 atom stereocenters. The SMILES string of the molecule is CCCOC(=O)c1ccc(NC(=O)c2ccc(NC3=C(Cl)C(=O)N(c4ccc(C)c(Cl)c4)C3=O)cc2)cc1. The quantitative estimate of drug-likeness (QED) is 0.266. The van der Waals surface area contributed by atoms with Gasteiger partial charge in [-0.05, 0) is 79.6 Å². The van der Waals surface area contributed by atoms with E-state index in [2.05, 4.69) is 10.6 Å². The molecular formula is C28H23Cl2N3O5. The van der Waals surface area contributed by atoms with Crippen molar-refractivity contribution in [3.8, 4) is 0 Å². The molecule has 1 aliphatic rings. The number of rotatable bonds is 8. The van der Waals surface area contributed by atoms with Gasteiger partial charge < -0.3 is 15.4 Å². The van der Waals surface area contributed by atoms with E-state index in [9.17, 15) is 19.2 Å². The van der Waals surface area contributed by atoms with Gasteiger partial charge in [-0.25, -0.2) is 9.69 Å². The number of imide groups is 1. The topological polar surface area (TPSA) is 105 Å². The molecule has 3 amide bonds. The third-order valence-electron chi connectivity index (χ3n) is 5.67. The van der Waals surface area contributed by atoms with Crippen molar-refractivity contribution in [1.82, 2.24) is 0 Å². The van der Waals surface area contributed by atoms with Crippen molar-refractivity contribution in [3.05, 3.63) is 99.2 Å². The maximum atomic E-state index is 13.0. The number of hydrogen-bond donors (Lipinski definition) is 2. The molecular weight excluding hydrogens is 529 g/mol. The zero-order chi connectivity index (χ0) is 27.4. The normalized spacial score (nSPS) is 13.1. The van der Waals surface area contributed by atoms with E-state index in [4.69, 9.17) is 27.9 Å².